The quantitative estimate of drug-likeness (QED) is 0.391. The molecule has 5 rings (SSSR count). The van der Waals surface area contributed by atoms with Crippen LogP contribution in [0, 0.1) is 5.92 Å². The molecule has 1 saturated carbocycles. The molecule has 178 valence electrons. The van der Waals surface area contributed by atoms with E-state index in [2.05, 4.69) is 10.3 Å². The first-order valence-electron chi connectivity index (χ1n) is 11.2. The van der Waals surface area contributed by atoms with E-state index in [1.165, 1.54) is 13.0 Å². The first-order valence-corrected chi connectivity index (χ1v) is 12.0. The molecule has 3 heterocycles. The number of hydrogen-bond donors (Lipinski definition) is 2. The highest BCUT2D eigenvalue weighted by molar-refractivity contribution is 7.22. The fourth-order valence-electron chi connectivity index (χ4n) is 4.86. The number of nitrogens with one attached hydrogen (secondary N) is 1. The van der Waals surface area contributed by atoms with Crippen molar-refractivity contribution in [1.82, 2.24) is 19.7 Å². The molecule has 0 saturated heterocycles. The molecule has 6 nitrogen and oxygen atoms in total. The highest BCUT2D eigenvalue weighted by atomic mass is 32.1. The minimum absolute atomic E-state index is 0.0222. The van der Waals surface area contributed by atoms with Crippen molar-refractivity contribution < 1.29 is 18.0 Å². The summed E-state index contributed by atoms with van der Waals surface area (Å²) in [6.07, 6.45) is 2.76. The van der Waals surface area contributed by atoms with E-state index < -0.39 is 11.7 Å². The van der Waals surface area contributed by atoms with E-state index in [-0.39, 0.29) is 16.5 Å². The summed E-state index contributed by atoms with van der Waals surface area (Å²) >= 11 is 1.08. The van der Waals surface area contributed by atoms with Gasteiger partial charge in [0.15, 0.2) is 0 Å². The number of rotatable bonds is 4. The summed E-state index contributed by atoms with van der Waals surface area (Å²) in [6.45, 7) is 2.20. The smallest absolute Gasteiger partial charge is 0.382 e. The van der Waals surface area contributed by atoms with Crippen molar-refractivity contribution in [3.63, 3.8) is 0 Å². The van der Waals surface area contributed by atoms with E-state index in [0.29, 0.717) is 39.8 Å². The van der Waals surface area contributed by atoms with Crippen LogP contribution in [0.3, 0.4) is 0 Å². The van der Waals surface area contributed by atoms with Gasteiger partial charge in [0.25, 0.3) is 0 Å². The molecule has 0 bridgehead atoms. The van der Waals surface area contributed by atoms with Crippen LogP contribution >= 0.6 is 11.3 Å². The monoisotopic (exact) mass is 487 g/mol. The largest absolute Gasteiger partial charge is 0.417 e. The molecule has 0 spiro atoms. The molecule has 3 aromatic heterocycles. The van der Waals surface area contributed by atoms with Crippen LogP contribution in [-0.4, -0.2) is 26.8 Å². The zero-order chi connectivity index (χ0) is 24.0. The van der Waals surface area contributed by atoms with Crippen LogP contribution in [0.15, 0.2) is 36.7 Å². The molecule has 1 aliphatic rings. The number of amides is 1. The summed E-state index contributed by atoms with van der Waals surface area (Å²) in [6, 6.07) is 5.96. The van der Waals surface area contributed by atoms with Crippen LogP contribution in [0.4, 0.5) is 19.0 Å². The minimum Gasteiger partial charge on any atom is -0.382 e. The third-order valence-corrected chi connectivity index (χ3v) is 7.74. The number of fused-ring (bicyclic) bond motifs is 2. The van der Waals surface area contributed by atoms with Crippen LogP contribution in [0.1, 0.15) is 49.9 Å². The maximum atomic E-state index is 13.6. The van der Waals surface area contributed by atoms with Crippen molar-refractivity contribution in [3.05, 3.63) is 48.0 Å². The number of hydrogen-bond acceptors (Lipinski definition) is 5. The Bertz CT molecular complexity index is 1370. The predicted octanol–water partition coefficient (Wildman–Crippen LogP) is 5.62. The van der Waals surface area contributed by atoms with E-state index in [0.717, 1.165) is 48.9 Å². The maximum Gasteiger partial charge on any atom is 0.417 e. The Morgan fingerprint density at radius 3 is 2.74 bits per heavy atom. The van der Waals surface area contributed by atoms with Crippen molar-refractivity contribution in [2.24, 2.45) is 5.92 Å². The molecule has 10 heteroatoms. The molecule has 0 unspecified atom stereocenters. The molecule has 1 fully saturated rings. The standard InChI is InChI=1S/C24H24F3N5OS/c1-13(33)30-12-14-5-7-15(8-6-14)23-31-19(20-22(28)29-9-10-32(20)23)18-11-16-3-2-4-17(21(16)34-18)24(25,26)27/h2-4,9-11,14-15H,5-8,12H2,1H3,(H2,28,29)(H,30,33). The van der Waals surface area contributed by atoms with Gasteiger partial charge < -0.3 is 11.1 Å². The summed E-state index contributed by atoms with van der Waals surface area (Å²) in [5, 5.41) is 3.42. The third-order valence-electron chi connectivity index (χ3n) is 6.54. The number of anilines is 1. The van der Waals surface area contributed by atoms with Crippen molar-refractivity contribution >= 4 is 38.7 Å². The van der Waals surface area contributed by atoms with Crippen molar-refractivity contribution in [2.45, 2.75) is 44.7 Å². The number of alkyl halides is 3. The number of nitrogens with zero attached hydrogens (tertiary/aromatic N) is 3. The number of nitrogens with two attached hydrogens (primary N) is 1. The molecule has 0 atom stereocenters. The fraction of sp³-hybridized carbons (Fsp3) is 0.375. The van der Waals surface area contributed by atoms with E-state index in [9.17, 15) is 18.0 Å². The number of nitrogen functional groups attached to an aromatic ring is 1. The third kappa shape index (κ3) is 4.11. The molecule has 0 radical (unpaired) electrons. The van der Waals surface area contributed by atoms with Gasteiger partial charge in [0, 0.05) is 36.5 Å². The van der Waals surface area contributed by atoms with Crippen LogP contribution < -0.4 is 11.1 Å². The molecule has 0 aliphatic heterocycles. The van der Waals surface area contributed by atoms with E-state index in [1.807, 2.05) is 10.6 Å². The Hall–Kier alpha value is -3.14. The van der Waals surface area contributed by atoms with Gasteiger partial charge in [-0.2, -0.15) is 13.2 Å². The summed E-state index contributed by atoms with van der Waals surface area (Å²) in [4.78, 5) is 21.0. The lowest BCUT2D eigenvalue weighted by atomic mass is 9.81. The van der Waals surface area contributed by atoms with Gasteiger partial charge in [-0.05, 0) is 49.1 Å². The molecular formula is C24H24F3N5OS. The van der Waals surface area contributed by atoms with Crippen LogP contribution in [0.25, 0.3) is 26.2 Å². The lowest BCUT2D eigenvalue weighted by molar-refractivity contribution is -0.136. The number of halogens is 3. The van der Waals surface area contributed by atoms with E-state index in [4.69, 9.17) is 10.7 Å². The Morgan fingerprint density at radius 1 is 1.26 bits per heavy atom. The van der Waals surface area contributed by atoms with Gasteiger partial charge in [0.05, 0.1) is 10.4 Å². The van der Waals surface area contributed by atoms with E-state index in [1.54, 1.807) is 18.3 Å². The zero-order valence-electron chi connectivity index (χ0n) is 18.5. The molecule has 1 aliphatic carbocycles. The van der Waals surface area contributed by atoms with Gasteiger partial charge >= 0.3 is 6.18 Å². The predicted molar refractivity (Wildman–Crippen MR) is 127 cm³/mol. The van der Waals surface area contributed by atoms with Gasteiger partial charge in [-0.1, -0.05) is 12.1 Å². The van der Waals surface area contributed by atoms with Crippen molar-refractivity contribution in [3.8, 4) is 10.6 Å². The SMILES string of the molecule is CC(=O)NCC1CCC(c2nc(-c3cc4cccc(C(F)(F)F)c4s3)c3c(N)nccn23)CC1. The van der Waals surface area contributed by atoms with E-state index >= 15 is 0 Å². The number of aromatic nitrogens is 3. The first kappa shape index (κ1) is 22.6. The highest BCUT2D eigenvalue weighted by Gasteiger charge is 2.34. The molecule has 4 aromatic rings. The number of carbonyl (C=O) groups is 1. The van der Waals surface area contributed by atoms with Gasteiger partial charge in [0.2, 0.25) is 5.91 Å². The second-order valence-electron chi connectivity index (χ2n) is 8.84. The number of thiophene rings is 1. The van der Waals surface area contributed by atoms with Gasteiger partial charge in [-0.15, -0.1) is 11.3 Å². The first-order chi connectivity index (χ1) is 16.2. The minimum atomic E-state index is -4.43. The van der Waals surface area contributed by atoms with Crippen LogP contribution in [0.5, 0.6) is 0 Å². The Balaban J connectivity index is 1.54. The lowest BCUT2D eigenvalue weighted by Crippen LogP contribution is -2.29. The van der Waals surface area contributed by atoms with Crippen LogP contribution in [0.2, 0.25) is 0 Å². The average molecular weight is 488 g/mol. The fourth-order valence-corrected chi connectivity index (χ4v) is 6.05. The van der Waals surface area contributed by atoms with Gasteiger partial charge in [-0.3, -0.25) is 9.20 Å². The number of carbonyl (C=O) groups excluding carboxylic acids is 1. The summed E-state index contributed by atoms with van der Waals surface area (Å²) < 4.78 is 42.8. The van der Waals surface area contributed by atoms with Crippen molar-refractivity contribution in [1.29, 1.82) is 0 Å². The summed E-state index contributed by atoms with van der Waals surface area (Å²) in [5.41, 5.74) is 6.78. The van der Waals surface area contributed by atoms with Gasteiger partial charge in [-0.25, -0.2) is 9.97 Å². The normalized spacial score (nSPS) is 19.1. The average Bonchev–Trinajstić information content (AvgIpc) is 3.39. The zero-order valence-corrected chi connectivity index (χ0v) is 19.3. The summed E-state index contributed by atoms with van der Waals surface area (Å²) in [5.74, 6) is 1.75. The molecule has 1 amide bonds. The second kappa shape index (κ2) is 8.57. The Morgan fingerprint density at radius 2 is 2.03 bits per heavy atom. The second-order valence-corrected chi connectivity index (χ2v) is 9.89. The van der Waals surface area contributed by atoms with Crippen LogP contribution in [-0.2, 0) is 11.0 Å². The molecule has 3 N–H and O–H groups in total. The number of benzene rings is 1. The lowest BCUT2D eigenvalue weighted by Gasteiger charge is -2.27. The van der Waals surface area contributed by atoms with Gasteiger partial charge in [0.1, 0.15) is 22.9 Å². The topological polar surface area (TPSA) is 85.3 Å². The van der Waals surface area contributed by atoms with Crippen molar-refractivity contribution in [2.75, 3.05) is 12.3 Å². The maximum absolute atomic E-state index is 13.6. The Labute approximate surface area is 198 Å². The summed E-state index contributed by atoms with van der Waals surface area (Å²) in [7, 11) is 0. The number of imidazole rings is 1. The Kier molecular flexibility index (Phi) is 5.71. The molecular weight excluding hydrogens is 463 g/mol. The highest BCUT2D eigenvalue weighted by Crippen LogP contribution is 2.44. The molecule has 34 heavy (non-hydrogen) atoms. The molecule has 1 aromatic carbocycles.